The van der Waals surface area contributed by atoms with E-state index in [1.165, 1.54) is 0 Å². The zero-order chi connectivity index (χ0) is 8.27. The minimum Gasteiger partial charge on any atom is -0.291 e. The van der Waals surface area contributed by atoms with Crippen molar-refractivity contribution in [3.05, 3.63) is 33.4 Å². The number of halogens is 2. The summed E-state index contributed by atoms with van der Waals surface area (Å²) in [4.78, 5) is 10.7. The lowest BCUT2D eigenvalue weighted by molar-refractivity contribution is 0.0958. The fraction of sp³-hybridized carbons (Fsp3) is 0.125. The number of hydrogen-bond acceptors (Lipinski definition) is 1. The van der Waals surface area contributed by atoms with Gasteiger partial charge in [0.25, 0.3) is 0 Å². The average Bonchev–Trinajstić information content (AvgIpc) is 2.05. The molecule has 58 valence electrons. The van der Waals surface area contributed by atoms with Gasteiger partial charge in [-0.05, 0) is 34.7 Å². The standard InChI is InChI=1S/C8H6FIO/c9-5-8(11)6-1-3-7(10)4-2-6/h1-4H,5H2. The maximum atomic E-state index is 11.8. The highest BCUT2D eigenvalue weighted by Gasteiger charge is 2.02. The van der Waals surface area contributed by atoms with E-state index in [9.17, 15) is 9.18 Å². The number of hydrogen-bond donors (Lipinski definition) is 0. The van der Waals surface area contributed by atoms with E-state index in [4.69, 9.17) is 0 Å². The van der Waals surface area contributed by atoms with Gasteiger partial charge in [-0.15, -0.1) is 0 Å². The summed E-state index contributed by atoms with van der Waals surface area (Å²) in [6.07, 6.45) is 0. The van der Waals surface area contributed by atoms with E-state index in [0.29, 0.717) is 5.56 Å². The number of carbonyl (C=O) groups excluding carboxylic acids is 1. The zero-order valence-electron chi connectivity index (χ0n) is 5.68. The maximum Gasteiger partial charge on any atom is 0.193 e. The topological polar surface area (TPSA) is 17.1 Å². The van der Waals surface area contributed by atoms with Crippen LogP contribution in [0.4, 0.5) is 4.39 Å². The molecule has 0 unspecified atom stereocenters. The van der Waals surface area contributed by atoms with Gasteiger partial charge in [-0.3, -0.25) is 4.79 Å². The Morgan fingerprint density at radius 1 is 1.36 bits per heavy atom. The van der Waals surface area contributed by atoms with E-state index in [1.54, 1.807) is 24.3 Å². The highest BCUT2D eigenvalue weighted by Crippen LogP contribution is 2.07. The Bertz CT molecular complexity index is 255. The maximum absolute atomic E-state index is 11.8. The molecule has 1 rings (SSSR count). The van der Waals surface area contributed by atoms with Crippen molar-refractivity contribution in [2.24, 2.45) is 0 Å². The van der Waals surface area contributed by atoms with Crippen molar-refractivity contribution in [2.45, 2.75) is 0 Å². The van der Waals surface area contributed by atoms with Crippen LogP contribution >= 0.6 is 22.6 Å². The molecule has 0 radical (unpaired) electrons. The minimum atomic E-state index is -0.916. The van der Waals surface area contributed by atoms with Crippen molar-refractivity contribution < 1.29 is 9.18 Å². The van der Waals surface area contributed by atoms with Crippen LogP contribution in [0.1, 0.15) is 10.4 Å². The van der Waals surface area contributed by atoms with Gasteiger partial charge in [-0.2, -0.15) is 0 Å². The van der Waals surface area contributed by atoms with E-state index < -0.39 is 12.5 Å². The SMILES string of the molecule is O=C(CF)c1ccc(I)cc1. The Morgan fingerprint density at radius 2 is 1.91 bits per heavy atom. The molecular weight excluding hydrogens is 258 g/mol. The second kappa shape index (κ2) is 3.80. The van der Waals surface area contributed by atoms with Crippen LogP contribution in [0.2, 0.25) is 0 Å². The predicted octanol–water partition coefficient (Wildman–Crippen LogP) is 2.44. The van der Waals surface area contributed by atoms with Gasteiger partial charge < -0.3 is 0 Å². The van der Waals surface area contributed by atoms with Crippen molar-refractivity contribution in [2.75, 3.05) is 6.67 Å². The quantitative estimate of drug-likeness (QED) is 0.592. The Balaban J connectivity index is 2.90. The first-order chi connectivity index (χ1) is 5.24. The highest BCUT2D eigenvalue weighted by atomic mass is 127. The first kappa shape index (κ1) is 8.64. The molecule has 0 heterocycles. The molecule has 0 aliphatic heterocycles. The van der Waals surface area contributed by atoms with E-state index >= 15 is 0 Å². The van der Waals surface area contributed by atoms with E-state index in [0.717, 1.165) is 3.57 Å². The zero-order valence-corrected chi connectivity index (χ0v) is 7.84. The third-order valence-corrected chi connectivity index (χ3v) is 2.01. The highest BCUT2D eigenvalue weighted by molar-refractivity contribution is 14.1. The molecule has 0 aliphatic carbocycles. The first-order valence-corrected chi connectivity index (χ1v) is 4.16. The lowest BCUT2D eigenvalue weighted by Gasteiger charge is -1.94. The fourth-order valence-electron chi connectivity index (χ4n) is 0.713. The summed E-state index contributed by atoms with van der Waals surface area (Å²) in [7, 11) is 0. The van der Waals surface area contributed by atoms with Crippen LogP contribution < -0.4 is 0 Å². The van der Waals surface area contributed by atoms with Crippen molar-refractivity contribution in [3.63, 3.8) is 0 Å². The van der Waals surface area contributed by atoms with Crippen LogP contribution in [-0.2, 0) is 0 Å². The van der Waals surface area contributed by atoms with E-state index in [1.807, 2.05) is 0 Å². The normalized spacial score (nSPS) is 9.64. The Morgan fingerprint density at radius 3 is 2.36 bits per heavy atom. The van der Waals surface area contributed by atoms with Crippen LogP contribution in [0, 0.1) is 3.57 Å². The van der Waals surface area contributed by atoms with Crippen molar-refractivity contribution in [3.8, 4) is 0 Å². The van der Waals surface area contributed by atoms with Crippen LogP contribution in [0.3, 0.4) is 0 Å². The summed E-state index contributed by atoms with van der Waals surface area (Å²) in [5.74, 6) is -0.457. The molecule has 3 heteroatoms. The lowest BCUT2D eigenvalue weighted by atomic mass is 10.1. The second-order valence-electron chi connectivity index (χ2n) is 2.06. The summed E-state index contributed by atoms with van der Waals surface area (Å²) in [5, 5.41) is 0. The van der Waals surface area contributed by atoms with E-state index in [2.05, 4.69) is 22.6 Å². The number of ketones is 1. The molecule has 0 amide bonds. The van der Waals surface area contributed by atoms with Crippen molar-refractivity contribution >= 4 is 28.4 Å². The van der Waals surface area contributed by atoms with Crippen LogP contribution in [0.25, 0.3) is 0 Å². The molecule has 0 aromatic heterocycles. The summed E-state index contributed by atoms with van der Waals surface area (Å²) in [6, 6.07) is 6.82. The van der Waals surface area contributed by atoms with Gasteiger partial charge >= 0.3 is 0 Å². The van der Waals surface area contributed by atoms with Gasteiger partial charge in [0.1, 0.15) is 0 Å². The third-order valence-electron chi connectivity index (χ3n) is 1.29. The van der Waals surface area contributed by atoms with Crippen molar-refractivity contribution in [1.82, 2.24) is 0 Å². The molecule has 0 fully saturated rings. The largest absolute Gasteiger partial charge is 0.291 e. The molecule has 0 saturated heterocycles. The molecule has 1 aromatic carbocycles. The molecule has 0 atom stereocenters. The smallest absolute Gasteiger partial charge is 0.193 e. The molecule has 0 bridgehead atoms. The Hall–Kier alpha value is -0.450. The summed E-state index contributed by atoms with van der Waals surface area (Å²) >= 11 is 2.13. The minimum absolute atomic E-state index is 0.438. The van der Waals surface area contributed by atoms with Gasteiger partial charge in [-0.1, -0.05) is 12.1 Å². The molecule has 0 N–H and O–H groups in total. The van der Waals surface area contributed by atoms with Crippen LogP contribution in [-0.4, -0.2) is 12.5 Å². The van der Waals surface area contributed by atoms with Crippen LogP contribution in [0.5, 0.6) is 0 Å². The summed E-state index contributed by atoms with van der Waals surface area (Å²) < 4.78 is 12.9. The summed E-state index contributed by atoms with van der Waals surface area (Å²) in [6.45, 7) is -0.916. The molecule has 0 aliphatic rings. The third kappa shape index (κ3) is 2.25. The predicted molar refractivity (Wildman–Crippen MR) is 49.5 cm³/mol. The van der Waals surface area contributed by atoms with Gasteiger partial charge in [0.15, 0.2) is 12.5 Å². The molecule has 1 aromatic rings. The molecular formula is C8H6FIO. The lowest BCUT2D eigenvalue weighted by Crippen LogP contribution is -1.99. The second-order valence-corrected chi connectivity index (χ2v) is 3.31. The van der Waals surface area contributed by atoms with Gasteiger partial charge in [0.05, 0.1) is 0 Å². The first-order valence-electron chi connectivity index (χ1n) is 3.09. The van der Waals surface area contributed by atoms with Gasteiger partial charge in [0, 0.05) is 9.13 Å². The van der Waals surface area contributed by atoms with Crippen molar-refractivity contribution in [1.29, 1.82) is 0 Å². The molecule has 0 spiro atoms. The van der Waals surface area contributed by atoms with E-state index in [-0.39, 0.29) is 0 Å². The van der Waals surface area contributed by atoms with Gasteiger partial charge in [0.2, 0.25) is 0 Å². The van der Waals surface area contributed by atoms with Gasteiger partial charge in [-0.25, -0.2) is 4.39 Å². The number of alkyl halides is 1. The Kier molecular flexibility index (Phi) is 2.99. The summed E-state index contributed by atoms with van der Waals surface area (Å²) in [5.41, 5.74) is 0.438. The van der Waals surface area contributed by atoms with Crippen LogP contribution in [0.15, 0.2) is 24.3 Å². The molecule has 11 heavy (non-hydrogen) atoms. The number of rotatable bonds is 2. The number of benzene rings is 1. The molecule has 1 nitrogen and oxygen atoms in total. The Labute approximate surface area is 77.8 Å². The number of carbonyl (C=O) groups is 1. The number of Topliss-reactive ketones (excluding diaryl/α,β-unsaturated/α-hetero) is 1. The fourth-order valence-corrected chi connectivity index (χ4v) is 1.07. The average molecular weight is 264 g/mol. The molecule has 0 saturated carbocycles. The monoisotopic (exact) mass is 264 g/mol.